The average Bonchev–Trinajstić information content (AvgIpc) is 2.99. The largest absolute Gasteiger partial charge is 0.508 e. The second-order valence-corrected chi connectivity index (χ2v) is 8.11. The summed E-state index contributed by atoms with van der Waals surface area (Å²) in [6.45, 7) is 0. The van der Waals surface area contributed by atoms with Crippen LogP contribution < -0.4 is 0 Å². The van der Waals surface area contributed by atoms with Gasteiger partial charge in [0.25, 0.3) is 0 Å². The van der Waals surface area contributed by atoms with Crippen molar-refractivity contribution in [3.8, 4) is 11.4 Å². The van der Waals surface area contributed by atoms with E-state index in [-0.39, 0.29) is 5.75 Å². The first kappa shape index (κ1) is 18.5. The maximum Gasteiger partial charge on any atom is 0.174 e. The van der Waals surface area contributed by atoms with E-state index in [1.165, 1.54) is 0 Å². The molecule has 4 rings (SSSR count). The van der Waals surface area contributed by atoms with Crippen molar-refractivity contribution < 1.29 is 5.11 Å². The summed E-state index contributed by atoms with van der Waals surface area (Å²) in [7, 11) is 0. The third-order valence-corrected chi connectivity index (χ3v) is 6.04. The predicted molar refractivity (Wildman–Crippen MR) is 114 cm³/mol. The van der Waals surface area contributed by atoms with Gasteiger partial charge in [0.05, 0.1) is 21.1 Å². The summed E-state index contributed by atoms with van der Waals surface area (Å²) in [6.07, 6.45) is 0. The number of fused-ring (bicyclic) bond motifs is 1. The molecule has 0 spiro atoms. The van der Waals surface area contributed by atoms with Gasteiger partial charge in [-0.1, -0.05) is 58.7 Å². The normalized spacial score (nSPS) is 11.2. The highest BCUT2D eigenvalue weighted by atomic mass is 35.5. The van der Waals surface area contributed by atoms with Crippen LogP contribution in [0.25, 0.3) is 16.7 Å². The molecule has 1 N–H and O–H groups in total. The SMILES string of the molecule is Oc1ccc(-n2c(SCc3ccc(Cl)cc3)nc3cc(Cl)c(Cl)cc32)cc1. The van der Waals surface area contributed by atoms with Gasteiger partial charge >= 0.3 is 0 Å². The van der Waals surface area contributed by atoms with Crippen LogP contribution in [0.5, 0.6) is 5.75 Å². The fraction of sp³-hybridized carbons (Fsp3) is 0.0500. The van der Waals surface area contributed by atoms with Crippen LogP contribution in [0, 0.1) is 0 Å². The van der Waals surface area contributed by atoms with Gasteiger partial charge in [-0.15, -0.1) is 0 Å². The predicted octanol–water partition coefficient (Wildman–Crippen LogP) is 6.98. The molecule has 1 heterocycles. The van der Waals surface area contributed by atoms with Gasteiger partial charge in [0.2, 0.25) is 0 Å². The summed E-state index contributed by atoms with van der Waals surface area (Å²) in [4.78, 5) is 4.74. The second kappa shape index (κ2) is 7.64. The maximum atomic E-state index is 9.61. The van der Waals surface area contributed by atoms with Crippen LogP contribution in [-0.2, 0) is 5.75 Å². The van der Waals surface area contributed by atoms with E-state index in [9.17, 15) is 5.11 Å². The van der Waals surface area contributed by atoms with E-state index in [1.54, 1.807) is 30.0 Å². The minimum atomic E-state index is 0.208. The molecule has 0 saturated carbocycles. The number of hydrogen-bond donors (Lipinski definition) is 1. The number of aromatic hydroxyl groups is 1. The molecular formula is C20H13Cl3N2OS. The molecule has 1 aromatic heterocycles. The van der Waals surface area contributed by atoms with Crippen LogP contribution in [-0.4, -0.2) is 14.7 Å². The molecule has 0 aliphatic rings. The summed E-state index contributed by atoms with van der Waals surface area (Å²) >= 11 is 20.0. The van der Waals surface area contributed by atoms with Gasteiger partial charge in [-0.25, -0.2) is 4.98 Å². The van der Waals surface area contributed by atoms with E-state index in [4.69, 9.17) is 39.8 Å². The van der Waals surface area contributed by atoms with Crippen molar-refractivity contribution in [1.82, 2.24) is 9.55 Å². The molecule has 3 nitrogen and oxygen atoms in total. The molecule has 3 aromatic carbocycles. The Labute approximate surface area is 175 Å². The first-order valence-electron chi connectivity index (χ1n) is 8.05. The van der Waals surface area contributed by atoms with Crippen LogP contribution in [0.1, 0.15) is 5.56 Å². The number of phenolic OH excluding ortho intramolecular Hbond substituents is 1. The first-order valence-corrected chi connectivity index (χ1v) is 10.2. The van der Waals surface area contributed by atoms with Crippen molar-refractivity contribution in [2.24, 2.45) is 0 Å². The van der Waals surface area contributed by atoms with Crippen LogP contribution in [0.3, 0.4) is 0 Å². The fourth-order valence-corrected chi connectivity index (χ4v) is 4.15. The molecule has 136 valence electrons. The molecule has 0 amide bonds. The lowest BCUT2D eigenvalue weighted by molar-refractivity contribution is 0.475. The van der Waals surface area contributed by atoms with Gasteiger partial charge in [0.1, 0.15) is 5.75 Å². The van der Waals surface area contributed by atoms with Gasteiger partial charge < -0.3 is 5.11 Å². The summed E-state index contributed by atoms with van der Waals surface area (Å²) in [5.41, 5.74) is 3.64. The Bertz CT molecular complexity index is 1110. The monoisotopic (exact) mass is 434 g/mol. The number of imidazole rings is 1. The molecule has 0 fully saturated rings. The smallest absolute Gasteiger partial charge is 0.174 e. The highest BCUT2D eigenvalue weighted by Crippen LogP contribution is 2.34. The minimum absolute atomic E-state index is 0.208. The Morgan fingerprint density at radius 3 is 2.26 bits per heavy atom. The number of aromatic nitrogens is 2. The zero-order chi connectivity index (χ0) is 19.0. The van der Waals surface area contributed by atoms with Crippen molar-refractivity contribution in [3.05, 3.63) is 81.3 Å². The summed E-state index contributed by atoms with van der Waals surface area (Å²) in [5, 5.41) is 12.1. The maximum absolute atomic E-state index is 9.61. The van der Waals surface area contributed by atoms with Crippen molar-refractivity contribution in [2.75, 3.05) is 0 Å². The lowest BCUT2D eigenvalue weighted by Gasteiger charge is -2.10. The topological polar surface area (TPSA) is 38.0 Å². The lowest BCUT2D eigenvalue weighted by atomic mass is 10.2. The molecule has 0 saturated heterocycles. The van der Waals surface area contributed by atoms with Crippen LogP contribution in [0.15, 0.2) is 65.8 Å². The Kier molecular flexibility index (Phi) is 5.24. The number of phenols is 1. The van der Waals surface area contributed by atoms with Crippen molar-refractivity contribution in [2.45, 2.75) is 10.9 Å². The van der Waals surface area contributed by atoms with Crippen molar-refractivity contribution >= 4 is 57.6 Å². The molecule has 27 heavy (non-hydrogen) atoms. The molecule has 0 aliphatic carbocycles. The van der Waals surface area contributed by atoms with E-state index in [0.717, 1.165) is 33.2 Å². The third-order valence-electron chi connectivity index (χ3n) is 4.05. The highest BCUT2D eigenvalue weighted by Gasteiger charge is 2.15. The Hall–Kier alpha value is -1.85. The second-order valence-electron chi connectivity index (χ2n) is 5.92. The number of rotatable bonds is 4. The highest BCUT2D eigenvalue weighted by molar-refractivity contribution is 7.98. The molecule has 0 radical (unpaired) electrons. The molecule has 0 aliphatic heterocycles. The average molecular weight is 436 g/mol. The molecule has 0 atom stereocenters. The number of nitrogens with zero attached hydrogens (tertiary/aromatic N) is 2. The number of thioether (sulfide) groups is 1. The Morgan fingerprint density at radius 1 is 0.889 bits per heavy atom. The van der Waals surface area contributed by atoms with Crippen LogP contribution in [0.2, 0.25) is 15.1 Å². The number of hydrogen-bond acceptors (Lipinski definition) is 3. The lowest BCUT2D eigenvalue weighted by Crippen LogP contribution is -1.96. The van der Waals surface area contributed by atoms with E-state index >= 15 is 0 Å². The Balaban J connectivity index is 1.79. The minimum Gasteiger partial charge on any atom is -0.508 e. The summed E-state index contributed by atoms with van der Waals surface area (Å²) in [6, 6.07) is 18.3. The van der Waals surface area contributed by atoms with Crippen LogP contribution >= 0.6 is 46.6 Å². The molecule has 0 bridgehead atoms. The molecule has 4 aromatic rings. The quantitative estimate of drug-likeness (QED) is 0.351. The van der Waals surface area contributed by atoms with Gasteiger partial charge in [-0.2, -0.15) is 0 Å². The first-order chi connectivity index (χ1) is 13.0. The zero-order valence-corrected chi connectivity index (χ0v) is 16.9. The number of benzene rings is 3. The van der Waals surface area contributed by atoms with Gasteiger partial charge in [-0.05, 0) is 54.1 Å². The van der Waals surface area contributed by atoms with Crippen molar-refractivity contribution in [1.29, 1.82) is 0 Å². The van der Waals surface area contributed by atoms with E-state index < -0.39 is 0 Å². The summed E-state index contributed by atoms with van der Waals surface area (Å²) < 4.78 is 2.01. The molecule has 0 unspecified atom stereocenters. The van der Waals surface area contributed by atoms with Crippen molar-refractivity contribution in [3.63, 3.8) is 0 Å². The van der Waals surface area contributed by atoms with Gasteiger partial charge in [-0.3, -0.25) is 4.57 Å². The third kappa shape index (κ3) is 3.90. The van der Waals surface area contributed by atoms with E-state index in [1.807, 2.05) is 47.0 Å². The van der Waals surface area contributed by atoms with Gasteiger partial charge in [0.15, 0.2) is 5.16 Å². The summed E-state index contributed by atoms with van der Waals surface area (Å²) in [5.74, 6) is 0.944. The number of halogens is 3. The standard InChI is InChI=1S/C20H13Cl3N2OS/c21-13-3-1-12(2-4-13)11-27-20-24-18-9-16(22)17(23)10-19(18)25(20)14-5-7-15(26)8-6-14/h1-10,26H,11H2. The molecule has 7 heteroatoms. The van der Waals surface area contributed by atoms with E-state index in [2.05, 4.69) is 0 Å². The molecular weight excluding hydrogens is 423 g/mol. The van der Waals surface area contributed by atoms with Crippen LogP contribution in [0.4, 0.5) is 0 Å². The fourth-order valence-electron chi connectivity index (χ4n) is 2.73. The zero-order valence-electron chi connectivity index (χ0n) is 13.9. The van der Waals surface area contributed by atoms with E-state index in [0.29, 0.717) is 15.1 Å². The van der Waals surface area contributed by atoms with Gasteiger partial charge in [0, 0.05) is 16.5 Å². The Morgan fingerprint density at radius 2 is 1.56 bits per heavy atom.